The lowest BCUT2D eigenvalue weighted by Crippen LogP contribution is -2.01. The van der Waals surface area contributed by atoms with Gasteiger partial charge in [0, 0.05) is 9.99 Å². The summed E-state index contributed by atoms with van der Waals surface area (Å²) in [5.41, 5.74) is 0.873. The van der Waals surface area contributed by atoms with Gasteiger partial charge in [-0.15, -0.1) is 0 Å². The van der Waals surface area contributed by atoms with Crippen molar-refractivity contribution >= 4 is 46.4 Å². The molecule has 2 rings (SSSR count). The Kier molecular flexibility index (Phi) is 3.66. The van der Waals surface area contributed by atoms with Gasteiger partial charge in [0.2, 0.25) is 0 Å². The Bertz CT molecular complexity index is 576. The van der Waals surface area contributed by atoms with Crippen molar-refractivity contribution in [2.45, 2.75) is 13.3 Å². The first kappa shape index (κ1) is 12.1. The number of rotatable bonds is 2. The first-order valence-corrected chi connectivity index (χ1v) is 6.61. The van der Waals surface area contributed by atoms with Crippen molar-refractivity contribution in [3.8, 4) is 5.69 Å². The predicted octanol–water partition coefficient (Wildman–Crippen LogP) is 3.75. The molecule has 2 aromatic rings. The lowest BCUT2D eigenvalue weighted by molar-refractivity contribution is 0.880. The van der Waals surface area contributed by atoms with Gasteiger partial charge in [0.05, 0.1) is 10.7 Å². The summed E-state index contributed by atoms with van der Waals surface area (Å²) in [7, 11) is 0. The third-order valence-electron chi connectivity index (χ3n) is 2.21. The summed E-state index contributed by atoms with van der Waals surface area (Å²) in [4.78, 5) is 0. The molecule has 1 aromatic carbocycles. The van der Waals surface area contributed by atoms with Crippen LogP contribution in [0.25, 0.3) is 5.69 Å². The van der Waals surface area contributed by atoms with E-state index in [9.17, 15) is 0 Å². The van der Waals surface area contributed by atoms with Crippen molar-refractivity contribution in [1.29, 1.82) is 0 Å². The number of aromatic nitrogens is 3. The molecular weight excluding hydrogens is 357 g/mol. The minimum absolute atomic E-state index is 0.569. The van der Waals surface area contributed by atoms with Crippen molar-refractivity contribution in [2.24, 2.45) is 0 Å². The second kappa shape index (κ2) is 4.85. The van der Waals surface area contributed by atoms with Crippen molar-refractivity contribution < 1.29 is 0 Å². The molecule has 0 spiro atoms. The number of nitrogens with one attached hydrogen (secondary N) is 1. The molecule has 0 aliphatic rings. The standard InChI is InChI=1S/C10H9ClIN3S/c1-2-9-13-14-10(16)15(9)8-4-3-6(12)5-7(8)11/h3-5H,2H2,1H3,(H,14,16). The van der Waals surface area contributed by atoms with E-state index in [1.54, 1.807) is 0 Å². The van der Waals surface area contributed by atoms with Crippen LogP contribution in [0.2, 0.25) is 5.02 Å². The Hall–Kier alpha value is -0.400. The van der Waals surface area contributed by atoms with Crippen LogP contribution in [-0.4, -0.2) is 14.8 Å². The summed E-state index contributed by atoms with van der Waals surface area (Å²) >= 11 is 13.6. The predicted molar refractivity (Wildman–Crippen MR) is 75.9 cm³/mol. The molecule has 3 nitrogen and oxygen atoms in total. The smallest absolute Gasteiger partial charge is 0.199 e. The van der Waals surface area contributed by atoms with Gasteiger partial charge in [-0.2, -0.15) is 5.10 Å². The molecule has 84 valence electrons. The molecule has 6 heteroatoms. The third-order valence-corrected chi connectivity index (χ3v) is 3.46. The van der Waals surface area contributed by atoms with Gasteiger partial charge in [-0.1, -0.05) is 18.5 Å². The van der Waals surface area contributed by atoms with Gasteiger partial charge in [-0.3, -0.25) is 9.67 Å². The number of aryl methyl sites for hydroxylation is 1. The quantitative estimate of drug-likeness (QED) is 0.649. The maximum atomic E-state index is 6.21. The van der Waals surface area contributed by atoms with Crippen LogP contribution >= 0.6 is 46.4 Å². The minimum Gasteiger partial charge on any atom is -0.271 e. The van der Waals surface area contributed by atoms with Crippen LogP contribution in [-0.2, 0) is 6.42 Å². The summed E-state index contributed by atoms with van der Waals surface area (Å²) in [6.07, 6.45) is 0.801. The number of hydrogen-bond acceptors (Lipinski definition) is 2. The highest BCUT2D eigenvalue weighted by atomic mass is 127. The number of benzene rings is 1. The van der Waals surface area contributed by atoms with Crippen LogP contribution in [0.3, 0.4) is 0 Å². The molecule has 16 heavy (non-hydrogen) atoms. The zero-order valence-electron chi connectivity index (χ0n) is 8.50. The Labute approximate surface area is 117 Å². The fourth-order valence-electron chi connectivity index (χ4n) is 1.48. The first-order chi connectivity index (χ1) is 7.63. The van der Waals surface area contributed by atoms with E-state index < -0.39 is 0 Å². The highest BCUT2D eigenvalue weighted by molar-refractivity contribution is 14.1. The summed E-state index contributed by atoms with van der Waals surface area (Å²) in [6.45, 7) is 2.03. The number of H-pyrrole nitrogens is 1. The van der Waals surface area contributed by atoms with Crippen LogP contribution in [0.1, 0.15) is 12.7 Å². The number of halogens is 2. The lowest BCUT2D eigenvalue weighted by Gasteiger charge is -2.07. The van der Waals surface area contributed by atoms with Crippen LogP contribution < -0.4 is 0 Å². The highest BCUT2D eigenvalue weighted by Crippen LogP contribution is 2.24. The Morgan fingerprint density at radius 2 is 2.31 bits per heavy atom. The number of hydrogen-bond donors (Lipinski definition) is 1. The number of aromatic amines is 1. The van der Waals surface area contributed by atoms with Crippen LogP contribution in [0.15, 0.2) is 18.2 Å². The van der Waals surface area contributed by atoms with Gasteiger partial charge in [0.1, 0.15) is 5.82 Å². The summed E-state index contributed by atoms with van der Waals surface area (Å²) < 4.78 is 3.53. The second-order valence-corrected chi connectivity index (χ2v) is 5.27. The SMILES string of the molecule is CCc1n[nH]c(=S)n1-c1ccc(I)cc1Cl. The van der Waals surface area contributed by atoms with Gasteiger partial charge < -0.3 is 0 Å². The molecule has 0 bridgehead atoms. The van der Waals surface area contributed by atoms with E-state index in [0.717, 1.165) is 21.5 Å². The highest BCUT2D eigenvalue weighted by Gasteiger charge is 2.09. The molecule has 1 N–H and O–H groups in total. The van der Waals surface area contributed by atoms with Gasteiger partial charge in [-0.05, 0) is 53.0 Å². The molecule has 0 atom stereocenters. The molecule has 0 unspecified atom stereocenters. The molecule has 0 aliphatic carbocycles. The topological polar surface area (TPSA) is 33.6 Å². The van der Waals surface area contributed by atoms with Crippen LogP contribution in [0.4, 0.5) is 0 Å². The molecular formula is C10H9ClIN3S. The molecule has 0 saturated carbocycles. The van der Waals surface area contributed by atoms with Crippen molar-refractivity contribution in [3.05, 3.63) is 37.4 Å². The van der Waals surface area contributed by atoms with Crippen molar-refractivity contribution in [2.75, 3.05) is 0 Å². The molecule has 0 aliphatic heterocycles. The fourth-order valence-corrected chi connectivity index (χ4v) is 2.67. The zero-order chi connectivity index (χ0) is 11.7. The van der Waals surface area contributed by atoms with E-state index in [1.165, 1.54) is 0 Å². The molecule has 1 aromatic heterocycles. The lowest BCUT2D eigenvalue weighted by atomic mass is 10.3. The molecule has 1 heterocycles. The maximum absolute atomic E-state index is 6.21. The fraction of sp³-hybridized carbons (Fsp3) is 0.200. The van der Waals surface area contributed by atoms with E-state index in [2.05, 4.69) is 32.8 Å². The van der Waals surface area contributed by atoms with Gasteiger partial charge in [0.15, 0.2) is 4.77 Å². The van der Waals surface area contributed by atoms with Gasteiger partial charge in [0.25, 0.3) is 0 Å². The maximum Gasteiger partial charge on any atom is 0.199 e. The van der Waals surface area contributed by atoms with Gasteiger partial charge in [-0.25, -0.2) is 0 Å². The monoisotopic (exact) mass is 365 g/mol. The Morgan fingerprint density at radius 1 is 1.56 bits per heavy atom. The molecule has 0 radical (unpaired) electrons. The largest absolute Gasteiger partial charge is 0.271 e. The van der Waals surface area contributed by atoms with E-state index in [4.69, 9.17) is 23.8 Å². The molecule has 0 fully saturated rings. The zero-order valence-corrected chi connectivity index (χ0v) is 12.2. The van der Waals surface area contributed by atoms with Gasteiger partial charge >= 0.3 is 0 Å². The van der Waals surface area contributed by atoms with Crippen molar-refractivity contribution in [1.82, 2.24) is 14.8 Å². The summed E-state index contributed by atoms with van der Waals surface area (Å²) in [5, 5.41) is 7.62. The average Bonchev–Trinajstić information content (AvgIpc) is 2.60. The average molecular weight is 366 g/mol. The van der Waals surface area contributed by atoms with E-state index in [-0.39, 0.29) is 0 Å². The van der Waals surface area contributed by atoms with Crippen molar-refractivity contribution in [3.63, 3.8) is 0 Å². The second-order valence-electron chi connectivity index (χ2n) is 3.23. The van der Waals surface area contributed by atoms with Crippen LogP contribution in [0.5, 0.6) is 0 Å². The van der Waals surface area contributed by atoms with E-state index in [1.807, 2.05) is 29.7 Å². The Morgan fingerprint density at radius 3 is 2.94 bits per heavy atom. The minimum atomic E-state index is 0.569. The summed E-state index contributed by atoms with van der Waals surface area (Å²) in [6, 6.07) is 5.86. The first-order valence-electron chi connectivity index (χ1n) is 4.75. The Balaban J connectivity index is 2.67. The van der Waals surface area contributed by atoms with E-state index >= 15 is 0 Å². The number of nitrogens with zero attached hydrogens (tertiary/aromatic N) is 2. The van der Waals surface area contributed by atoms with Crippen LogP contribution in [0, 0.1) is 8.34 Å². The van der Waals surface area contributed by atoms with E-state index in [0.29, 0.717) is 9.79 Å². The normalized spacial score (nSPS) is 10.7. The molecule has 0 amide bonds. The summed E-state index contributed by atoms with van der Waals surface area (Å²) in [5.74, 6) is 0.883. The third kappa shape index (κ3) is 2.16. The molecule has 0 saturated heterocycles.